The van der Waals surface area contributed by atoms with Gasteiger partial charge in [0.25, 0.3) is 0 Å². The first-order valence-corrected chi connectivity index (χ1v) is 8.72. The summed E-state index contributed by atoms with van der Waals surface area (Å²) in [5.74, 6) is 0.0945. The van der Waals surface area contributed by atoms with Gasteiger partial charge in [0.15, 0.2) is 0 Å². The molecule has 2 bridgehead atoms. The molecule has 4 nitrogen and oxygen atoms in total. The fraction of sp³-hybridized carbons (Fsp3) is 0.562. The maximum Gasteiger partial charge on any atom is 0.238 e. The first kappa shape index (κ1) is 18.0. The SMILES string of the molecule is Cc1cc(I)ccc1NC(=O)CN1CCC2CCC(C1)N2.Cl. The summed E-state index contributed by atoms with van der Waals surface area (Å²) in [6.07, 6.45) is 3.71. The normalized spacial score (nSPS) is 24.5. The molecule has 0 radical (unpaired) electrons. The first-order valence-electron chi connectivity index (χ1n) is 7.64. The van der Waals surface area contributed by atoms with Crippen LogP contribution in [-0.2, 0) is 4.79 Å². The van der Waals surface area contributed by atoms with Crippen LogP contribution in [0.1, 0.15) is 24.8 Å². The van der Waals surface area contributed by atoms with E-state index in [1.54, 1.807) is 0 Å². The van der Waals surface area contributed by atoms with Crippen LogP contribution in [0, 0.1) is 10.5 Å². The van der Waals surface area contributed by atoms with E-state index in [-0.39, 0.29) is 18.3 Å². The average Bonchev–Trinajstić information content (AvgIpc) is 2.76. The number of amides is 1. The Hall–Kier alpha value is -0.370. The van der Waals surface area contributed by atoms with Gasteiger partial charge in [0.2, 0.25) is 5.91 Å². The molecule has 3 rings (SSSR count). The first-order chi connectivity index (χ1) is 10.1. The number of carbonyl (C=O) groups excluding carboxylic acids is 1. The third kappa shape index (κ3) is 4.57. The second kappa shape index (κ2) is 7.95. The summed E-state index contributed by atoms with van der Waals surface area (Å²) in [4.78, 5) is 14.5. The van der Waals surface area contributed by atoms with Crippen molar-refractivity contribution in [2.24, 2.45) is 0 Å². The summed E-state index contributed by atoms with van der Waals surface area (Å²) >= 11 is 2.29. The van der Waals surface area contributed by atoms with Crippen molar-refractivity contribution in [3.8, 4) is 0 Å². The summed E-state index contributed by atoms with van der Waals surface area (Å²) in [7, 11) is 0. The highest BCUT2D eigenvalue weighted by Crippen LogP contribution is 2.21. The topological polar surface area (TPSA) is 44.4 Å². The average molecular weight is 436 g/mol. The number of fused-ring (bicyclic) bond motifs is 2. The van der Waals surface area contributed by atoms with Gasteiger partial charge in [0.05, 0.1) is 6.54 Å². The molecule has 0 aromatic heterocycles. The molecule has 0 saturated carbocycles. The number of halogens is 2. The van der Waals surface area contributed by atoms with Crippen molar-refractivity contribution in [1.82, 2.24) is 10.2 Å². The lowest BCUT2D eigenvalue weighted by Crippen LogP contribution is -2.39. The number of likely N-dealkylation sites (tertiary alicyclic amines) is 1. The van der Waals surface area contributed by atoms with E-state index in [1.165, 1.54) is 16.4 Å². The van der Waals surface area contributed by atoms with Crippen LogP contribution in [-0.4, -0.2) is 42.5 Å². The van der Waals surface area contributed by atoms with Gasteiger partial charge >= 0.3 is 0 Å². The van der Waals surface area contributed by atoms with Gasteiger partial charge in [0, 0.05) is 34.4 Å². The summed E-state index contributed by atoms with van der Waals surface area (Å²) in [5.41, 5.74) is 2.04. The number of anilines is 1. The van der Waals surface area contributed by atoms with Gasteiger partial charge in [0.1, 0.15) is 0 Å². The standard InChI is InChI=1S/C16H22IN3O.ClH/c1-11-8-12(17)2-5-15(11)19-16(21)10-20-7-6-13-3-4-14(9-20)18-13;/h2,5,8,13-14,18H,3-4,6-7,9-10H2,1H3,(H,19,21);1H. The van der Waals surface area contributed by atoms with E-state index < -0.39 is 0 Å². The monoisotopic (exact) mass is 435 g/mol. The van der Waals surface area contributed by atoms with E-state index in [0.29, 0.717) is 18.6 Å². The van der Waals surface area contributed by atoms with Gasteiger partial charge in [-0.3, -0.25) is 9.69 Å². The van der Waals surface area contributed by atoms with E-state index in [9.17, 15) is 4.79 Å². The predicted octanol–water partition coefficient (Wildman–Crippen LogP) is 2.79. The van der Waals surface area contributed by atoms with Crippen molar-refractivity contribution in [2.45, 2.75) is 38.3 Å². The summed E-state index contributed by atoms with van der Waals surface area (Å²) in [5, 5.41) is 6.69. The molecule has 2 unspecified atom stereocenters. The Morgan fingerprint density at radius 2 is 2.14 bits per heavy atom. The molecule has 2 saturated heterocycles. The minimum absolute atomic E-state index is 0. The predicted molar refractivity (Wildman–Crippen MR) is 101 cm³/mol. The molecule has 1 amide bonds. The maximum atomic E-state index is 12.3. The third-order valence-corrected chi connectivity index (χ3v) is 5.11. The fourth-order valence-corrected chi connectivity index (χ4v) is 3.97. The van der Waals surface area contributed by atoms with Crippen molar-refractivity contribution < 1.29 is 4.79 Å². The Balaban J connectivity index is 0.00000176. The molecule has 0 spiro atoms. The highest BCUT2D eigenvalue weighted by Gasteiger charge is 2.29. The number of hydrogen-bond acceptors (Lipinski definition) is 3. The number of nitrogens with one attached hydrogen (secondary N) is 2. The van der Waals surface area contributed by atoms with Crippen LogP contribution in [0.2, 0.25) is 0 Å². The van der Waals surface area contributed by atoms with Gasteiger partial charge in [-0.25, -0.2) is 0 Å². The number of hydrogen-bond donors (Lipinski definition) is 2. The van der Waals surface area contributed by atoms with Crippen LogP contribution in [0.15, 0.2) is 18.2 Å². The van der Waals surface area contributed by atoms with Gasteiger partial charge in [-0.05, 0) is 72.5 Å². The fourth-order valence-electron chi connectivity index (χ4n) is 3.32. The van der Waals surface area contributed by atoms with Crippen LogP contribution in [0.5, 0.6) is 0 Å². The lowest BCUT2D eigenvalue weighted by Gasteiger charge is -2.23. The summed E-state index contributed by atoms with van der Waals surface area (Å²) < 4.78 is 1.19. The Bertz CT molecular complexity index is 540. The largest absolute Gasteiger partial charge is 0.325 e. The highest BCUT2D eigenvalue weighted by atomic mass is 127. The van der Waals surface area contributed by atoms with Crippen LogP contribution >= 0.6 is 35.0 Å². The van der Waals surface area contributed by atoms with Gasteiger partial charge in [-0.1, -0.05) is 0 Å². The Morgan fingerprint density at radius 1 is 1.36 bits per heavy atom. The smallest absolute Gasteiger partial charge is 0.238 e. The van der Waals surface area contributed by atoms with Crippen LogP contribution in [0.25, 0.3) is 0 Å². The number of carbonyl (C=O) groups is 1. The Kier molecular flexibility index (Phi) is 6.49. The molecule has 2 fully saturated rings. The molecule has 2 aliphatic rings. The molecule has 0 aliphatic carbocycles. The molecule has 2 atom stereocenters. The second-order valence-electron chi connectivity index (χ2n) is 6.17. The molecule has 2 aliphatic heterocycles. The maximum absolute atomic E-state index is 12.3. The molecule has 22 heavy (non-hydrogen) atoms. The zero-order valence-corrected chi connectivity index (χ0v) is 15.7. The molecule has 2 N–H and O–H groups in total. The second-order valence-corrected chi connectivity index (χ2v) is 7.41. The van der Waals surface area contributed by atoms with Crippen LogP contribution < -0.4 is 10.6 Å². The van der Waals surface area contributed by atoms with E-state index in [4.69, 9.17) is 0 Å². The Morgan fingerprint density at radius 3 is 2.91 bits per heavy atom. The van der Waals surface area contributed by atoms with Crippen molar-refractivity contribution in [3.63, 3.8) is 0 Å². The van der Waals surface area contributed by atoms with E-state index >= 15 is 0 Å². The third-order valence-electron chi connectivity index (χ3n) is 4.44. The zero-order valence-electron chi connectivity index (χ0n) is 12.8. The lowest BCUT2D eigenvalue weighted by atomic mass is 10.1. The quantitative estimate of drug-likeness (QED) is 0.718. The molecule has 1 aromatic rings. The van der Waals surface area contributed by atoms with Gasteiger partial charge in [-0.15, -0.1) is 12.4 Å². The van der Waals surface area contributed by atoms with Crippen LogP contribution in [0.4, 0.5) is 5.69 Å². The summed E-state index contributed by atoms with van der Waals surface area (Å²) in [6, 6.07) is 7.34. The Labute approximate surface area is 152 Å². The van der Waals surface area contributed by atoms with E-state index in [1.807, 2.05) is 19.1 Å². The van der Waals surface area contributed by atoms with Crippen molar-refractivity contribution in [3.05, 3.63) is 27.3 Å². The van der Waals surface area contributed by atoms with Gasteiger partial charge in [-0.2, -0.15) is 0 Å². The minimum atomic E-state index is 0. The minimum Gasteiger partial charge on any atom is -0.325 e. The van der Waals surface area contributed by atoms with E-state index in [2.05, 4.69) is 44.2 Å². The number of benzene rings is 1. The molecule has 122 valence electrons. The van der Waals surface area contributed by atoms with Crippen molar-refractivity contribution in [2.75, 3.05) is 25.0 Å². The van der Waals surface area contributed by atoms with Crippen LogP contribution in [0.3, 0.4) is 0 Å². The molecule has 6 heteroatoms. The highest BCUT2D eigenvalue weighted by molar-refractivity contribution is 14.1. The molecule has 2 heterocycles. The van der Waals surface area contributed by atoms with Crippen molar-refractivity contribution in [1.29, 1.82) is 0 Å². The molecule has 1 aromatic carbocycles. The number of rotatable bonds is 3. The summed E-state index contributed by atoms with van der Waals surface area (Å²) in [6.45, 7) is 4.55. The molecular weight excluding hydrogens is 413 g/mol. The van der Waals surface area contributed by atoms with Gasteiger partial charge < -0.3 is 10.6 Å². The van der Waals surface area contributed by atoms with E-state index in [0.717, 1.165) is 30.8 Å². The zero-order chi connectivity index (χ0) is 14.8. The lowest BCUT2D eigenvalue weighted by molar-refractivity contribution is -0.117. The van der Waals surface area contributed by atoms with Crippen molar-refractivity contribution >= 4 is 46.6 Å². The molecular formula is C16H23ClIN3O. The number of aryl methyl sites for hydroxylation is 1. The number of nitrogens with zero attached hydrogens (tertiary/aromatic N) is 1.